The van der Waals surface area contributed by atoms with Crippen LogP contribution in [0.25, 0.3) is 0 Å². The van der Waals surface area contributed by atoms with Crippen molar-refractivity contribution in [3.63, 3.8) is 0 Å². The zero-order valence-electron chi connectivity index (χ0n) is 24.6. The SMILES string of the molecule is CCOC(=O)CC1=C[C@@H](OC(C(O)CF)C(O)CF)[C@H](NC(C)=O)[C@@H](N=C(NC(=O)OCC)NC(=O)OC(C)(C)C)C1. The zero-order valence-corrected chi connectivity index (χ0v) is 24.6. The number of ether oxygens (including phenoxy) is 4. The van der Waals surface area contributed by atoms with Gasteiger partial charge in [-0.2, -0.15) is 0 Å². The van der Waals surface area contributed by atoms with Crippen LogP contribution < -0.4 is 16.0 Å². The lowest BCUT2D eigenvalue weighted by Crippen LogP contribution is -2.56. The van der Waals surface area contributed by atoms with Gasteiger partial charge in [-0.05, 0) is 41.0 Å². The Kier molecular flexibility index (Phi) is 15.3. The van der Waals surface area contributed by atoms with Crippen molar-refractivity contribution in [3.05, 3.63) is 11.6 Å². The third-order valence-electron chi connectivity index (χ3n) is 5.49. The molecule has 3 amide bonds. The maximum atomic E-state index is 13.4. The van der Waals surface area contributed by atoms with Crippen LogP contribution in [0.15, 0.2) is 16.6 Å². The monoisotopic (exact) mass is 608 g/mol. The minimum atomic E-state index is -1.94. The van der Waals surface area contributed by atoms with E-state index in [2.05, 4.69) is 20.9 Å². The molecule has 2 unspecified atom stereocenters. The van der Waals surface area contributed by atoms with Crippen molar-refractivity contribution < 1.29 is 57.1 Å². The molecule has 5 N–H and O–H groups in total. The third kappa shape index (κ3) is 13.1. The summed E-state index contributed by atoms with van der Waals surface area (Å²) in [5.41, 5.74) is -0.564. The summed E-state index contributed by atoms with van der Waals surface area (Å²) in [5.74, 6) is -1.64. The molecule has 1 aliphatic carbocycles. The fourth-order valence-electron chi connectivity index (χ4n) is 3.93. The molecule has 16 heteroatoms. The van der Waals surface area contributed by atoms with E-state index in [1.165, 1.54) is 13.0 Å². The van der Waals surface area contributed by atoms with E-state index in [-0.39, 0.29) is 26.1 Å². The summed E-state index contributed by atoms with van der Waals surface area (Å²) in [6, 6.07) is -2.24. The number of hydrogen-bond acceptors (Lipinski definition) is 11. The Morgan fingerprint density at radius 1 is 1.02 bits per heavy atom. The molecule has 0 aromatic rings. The van der Waals surface area contributed by atoms with Gasteiger partial charge in [-0.15, -0.1) is 0 Å². The standard InChI is InChI=1S/C26H42F2N4O10/c1-7-39-20(36)11-15-9-16(30-23(31-24(37)40-8-2)32-25(38)42-26(4,5)6)21(29-14(3)33)19(10-15)41-22(17(34)12-27)18(35)13-28/h10,16-19,21-22,34-35H,7-9,11-13H2,1-6H3,(H,29,33)(H2,30,31,32,37,38)/t16-,17?,18?,19+,21+,22?/m0/s1. The van der Waals surface area contributed by atoms with E-state index in [1.54, 1.807) is 34.6 Å². The average molecular weight is 609 g/mol. The fraction of sp³-hybridized carbons (Fsp3) is 0.731. The van der Waals surface area contributed by atoms with Gasteiger partial charge in [0.2, 0.25) is 11.9 Å². The Labute approximate surface area is 243 Å². The van der Waals surface area contributed by atoms with Crippen molar-refractivity contribution in [3.8, 4) is 0 Å². The molecule has 42 heavy (non-hydrogen) atoms. The predicted molar refractivity (Wildman–Crippen MR) is 145 cm³/mol. The van der Waals surface area contributed by atoms with Crippen LogP contribution in [-0.4, -0.2) is 109 Å². The van der Waals surface area contributed by atoms with Crippen molar-refractivity contribution in [2.75, 3.05) is 26.6 Å². The van der Waals surface area contributed by atoms with Gasteiger partial charge in [-0.1, -0.05) is 11.6 Å². The minimum Gasteiger partial charge on any atom is -0.466 e. The Balaban J connectivity index is 3.64. The molecule has 0 spiro atoms. The van der Waals surface area contributed by atoms with Crippen LogP contribution in [0.1, 0.15) is 54.4 Å². The fourth-order valence-corrected chi connectivity index (χ4v) is 3.93. The Morgan fingerprint density at radius 2 is 1.60 bits per heavy atom. The maximum absolute atomic E-state index is 13.4. The van der Waals surface area contributed by atoms with E-state index in [0.717, 1.165) is 0 Å². The lowest BCUT2D eigenvalue weighted by atomic mass is 9.86. The minimum absolute atomic E-state index is 0.0129. The normalized spacial score (nSPS) is 21.2. The van der Waals surface area contributed by atoms with E-state index in [4.69, 9.17) is 18.9 Å². The molecular formula is C26H42F2N4O10. The van der Waals surface area contributed by atoms with Crippen LogP contribution >= 0.6 is 0 Å². The number of aliphatic hydroxyl groups excluding tert-OH is 2. The Bertz CT molecular complexity index is 979. The molecule has 14 nitrogen and oxygen atoms in total. The summed E-state index contributed by atoms with van der Waals surface area (Å²) in [7, 11) is 0. The number of halogens is 2. The molecular weight excluding hydrogens is 566 g/mol. The van der Waals surface area contributed by atoms with Crippen molar-refractivity contribution in [1.29, 1.82) is 0 Å². The van der Waals surface area contributed by atoms with Crippen LogP contribution in [-0.2, 0) is 28.5 Å². The summed E-state index contributed by atoms with van der Waals surface area (Å²) in [6.45, 7) is 6.47. The second kappa shape index (κ2) is 17.6. The van der Waals surface area contributed by atoms with Crippen LogP contribution in [0.4, 0.5) is 18.4 Å². The average Bonchev–Trinajstić information content (AvgIpc) is 2.86. The van der Waals surface area contributed by atoms with Gasteiger partial charge >= 0.3 is 18.2 Å². The first-order valence-corrected chi connectivity index (χ1v) is 13.4. The van der Waals surface area contributed by atoms with Gasteiger partial charge < -0.3 is 34.5 Å². The number of guanidine groups is 1. The summed E-state index contributed by atoms with van der Waals surface area (Å²) in [4.78, 5) is 53.6. The number of hydrogen-bond donors (Lipinski definition) is 5. The molecule has 0 heterocycles. The van der Waals surface area contributed by atoms with E-state index in [9.17, 15) is 38.2 Å². The molecule has 0 fully saturated rings. The molecule has 0 radical (unpaired) electrons. The van der Waals surface area contributed by atoms with Gasteiger partial charge in [0.15, 0.2) is 0 Å². The number of aliphatic imine (C=N–C) groups is 1. The lowest BCUT2D eigenvalue weighted by Gasteiger charge is -2.38. The number of esters is 1. The highest BCUT2D eigenvalue weighted by Gasteiger charge is 2.40. The number of alkyl carbamates (subject to hydrolysis) is 2. The first-order valence-electron chi connectivity index (χ1n) is 13.4. The molecule has 0 aromatic carbocycles. The number of amides is 3. The highest BCUT2D eigenvalue weighted by Crippen LogP contribution is 2.29. The first-order chi connectivity index (χ1) is 19.6. The van der Waals surface area contributed by atoms with Gasteiger partial charge in [0.1, 0.15) is 37.3 Å². The molecule has 0 bridgehead atoms. The predicted octanol–water partition coefficient (Wildman–Crippen LogP) is 1.18. The molecule has 240 valence electrons. The van der Waals surface area contributed by atoms with Crippen molar-refractivity contribution >= 4 is 30.0 Å². The number of carbonyl (C=O) groups excluding carboxylic acids is 4. The molecule has 0 aromatic heterocycles. The van der Waals surface area contributed by atoms with Crippen molar-refractivity contribution in [2.24, 2.45) is 4.99 Å². The van der Waals surface area contributed by atoms with E-state index >= 15 is 0 Å². The molecule has 0 aliphatic heterocycles. The van der Waals surface area contributed by atoms with Crippen LogP contribution in [0.5, 0.6) is 0 Å². The molecule has 0 saturated carbocycles. The van der Waals surface area contributed by atoms with E-state index in [0.29, 0.717) is 5.57 Å². The topological polar surface area (TPSA) is 194 Å². The van der Waals surface area contributed by atoms with E-state index in [1.807, 2.05) is 0 Å². The number of nitrogens with zero attached hydrogens (tertiary/aromatic N) is 1. The van der Waals surface area contributed by atoms with Gasteiger partial charge in [-0.3, -0.25) is 20.2 Å². The number of carbonyl (C=O) groups is 4. The molecule has 0 saturated heterocycles. The number of rotatable bonds is 12. The van der Waals surface area contributed by atoms with Gasteiger partial charge in [0, 0.05) is 6.92 Å². The van der Waals surface area contributed by atoms with Gasteiger partial charge in [0.25, 0.3) is 0 Å². The summed E-state index contributed by atoms with van der Waals surface area (Å²) >= 11 is 0. The van der Waals surface area contributed by atoms with Crippen LogP contribution in [0, 0.1) is 0 Å². The summed E-state index contributed by atoms with van der Waals surface area (Å²) in [5, 5.41) is 27.4. The Morgan fingerprint density at radius 3 is 2.10 bits per heavy atom. The van der Waals surface area contributed by atoms with Crippen LogP contribution in [0.2, 0.25) is 0 Å². The van der Waals surface area contributed by atoms with E-state index < -0.39 is 85.5 Å². The molecule has 1 rings (SSSR count). The second-order valence-electron chi connectivity index (χ2n) is 10.3. The third-order valence-corrected chi connectivity index (χ3v) is 5.49. The number of alkyl halides is 2. The van der Waals surface area contributed by atoms with Gasteiger partial charge in [0.05, 0.1) is 37.8 Å². The van der Waals surface area contributed by atoms with Crippen molar-refractivity contribution in [2.45, 2.75) is 96.5 Å². The van der Waals surface area contributed by atoms with Crippen LogP contribution in [0.3, 0.4) is 0 Å². The Hall–Kier alpha value is -3.37. The summed E-state index contributed by atoms with van der Waals surface area (Å²) in [6.07, 6.45) is -7.84. The zero-order chi connectivity index (χ0) is 32.0. The largest absolute Gasteiger partial charge is 0.466 e. The molecule has 1 aliphatic rings. The summed E-state index contributed by atoms with van der Waals surface area (Å²) < 4.78 is 47.6. The quantitative estimate of drug-likeness (QED) is 0.0706. The highest BCUT2D eigenvalue weighted by atomic mass is 19.1. The highest BCUT2D eigenvalue weighted by molar-refractivity contribution is 6.01. The number of aliphatic hydroxyl groups is 2. The smallest absolute Gasteiger partial charge is 0.414 e. The number of nitrogens with one attached hydrogen (secondary N) is 3. The lowest BCUT2D eigenvalue weighted by molar-refractivity contribution is -0.143. The maximum Gasteiger partial charge on any atom is 0.414 e. The van der Waals surface area contributed by atoms with Gasteiger partial charge in [-0.25, -0.2) is 23.4 Å². The molecule has 5 atom stereocenters. The van der Waals surface area contributed by atoms with Crippen molar-refractivity contribution in [1.82, 2.24) is 16.0 Å². The first kappa shape index (κ1) is 36.7. The second-order valence-corrected chi connectivity index (χ2v) is 10.3.